The second-order valence-corrected chi connectivity index (χ2v) is 8.97. The van der Waals surface area contributed by atoms with Crippen LogP contribution < -0.4 is 10.0 Å². The molecule has 150 valence electrons. The van der Waals surface area contributed by atoms with E-state index < -0.39 is 10.0 Å². The van der Waals surface area contributed by atoms with Crippen molar-refractivity contribution in [2.75, 3.05) is 11.9 Å². The lowest BCUT2D eigenvalue weighted by atomic mass is 10.0. The Morgan fingerprint density at radius 1 is 1.25 bits per heavy atom. The molecule has 3 N–H and O–H groups in total. The summed E-state index contributed by atoms with van der Waals surface area (Å²) in [5, 5.41) is 7.12. The molecule has 0 bridgehead atoms. The van der Waals surface area contributed by atoms with Crippen LogP contribution in [0.15, 0.2) is 21.6 Å². The van der Waals surface area contributed by atoms with Gasteiger partial charge in [-0.25, -0.2) is 18.1 Å². The fourth-order valence-electron chi connectivity index (χ4n) is 3.91. The fraction of sp³-hybridized carbons (Fsp3) is 0.474. The molecular weight excluding hydrogens is 378 g/mol. The summed E-state index contributed by atoms with van der Waals surface area (Å²) in [4.78, 5) is 7.84. The lowest BCUT2D eigenvalue weighted by molar-refractivity contribution is 0.393. The van der Waals surface area contributed by atoms with Gasteiger partial charge < -0.3 is 14.8 Å². The normalized spacial score (nSPS) is 15.5. The average molecular weight is 404 g/mol. The van der Waals surface area contributed by atoms with Crippen molar-refractivity contribution in [3.05, 3.63) is 23.6 Å². The highest BCUT2D eigenvalue weighted by molar-refractivity contribution is 7.89. The van der Waals surface area contributed by atoms with Gasteiger partial charge in [0.1, 0.15) is 16.2 Å². The Balaban J connectivity index is 1.89. The lowest BCUT2D eigenvalue weighted by Crippen LogP contribution is -2.32. The second kappa shape index (κ2) is 7.21. The SMILES string of the molecule is CCNc1nc2c(S(=O)(=O)NC3CCCC3)cc(-c3c(C)noc3C)cc2[nH]1. The summed E-state index contributed by atoms with van der Waals surface area (Å²) in [6.07, 6.45) is 3.84. The first kappa shape index (κ1) is 18.9. The third-order valence-corrected chi connectivity index (χ3v) is 6.72. The van der Waals surface area contributed by atoms with Gasteiger partial charge in [-0.15, -0.1) is 0 Å². The Morgan fingerprint density at radius 2 is 2.00 bits per heavy atom. The van der Waals surface area contributed by atoms with Crippen molar-refractivity contribution in [3.8, 4) is 11.1 Å². The molecular formula is C19H25N5O3S. The molecule has 9 heteroatoms. The van der Waals surface area contributed by atoms with E-state index in [2.05, 4.69) is 25.2 Å². The van der Waals surface area contributed by atoms with Crippen LogP contribution in [-0.4, -0.2) is 36.1 Å². The molecule has 0 spiro atoms. The van der Waals surface area contributed by atoms with E-state index in [0.717, 1.165) is 42.5 Å². The Morgan fingerprint density at radius 3 is 2.64 bits per heavy atom. The van der Waals surface area contributed by atoms with Crippen molar-refractivity contribution >= 4 is 27.0 Å². The Hall–Kier alpha value is -2.39. The van der Waals surface area contributed by atoms with E-state index in [1.165, 1.54) is 0 Å². The van der Waals surface area contributed by atoms with E-state index >= 15 is 0 Å². The van der Waals surface area contributed by atoms with Crippen LogP contribution in [0.1, 0.15) is 44.1 Å². The minimum Gasteiger partial charge on any atom is -0.361 e. The molecule has 3 aromatic rings. The first-order valence-electron chi connectivity index (χ1n) is 9.62. The van der Waals surface area contributed by atoms with Crippen LogP contribution in [0.4, 0.5) is 5.95 Å². The maximum absolute atomic E-state index is 13.2. The molecule has 4 rings (SSSR count). The Labute approximate surface area is 164 Å². The van der Waals surface area contributed by atoms with E-state index in [1.54, 1.807) is 6.07 Å². The number of hydrogen-bond donors (Lipinski definition) is 3. The van der Waals surface area contributed by atoms with Gasteiger partial charge in [-0.05, 0) is 51.3 Å². The molecule has 2 heterocycles. The molecule has 0 unspecified atom stereocenters. The zero-order valence-electron chi connectivity index (χ0n) is 16.3. The molecule has 1 fully saturated rings. The van der Waals surface area contributed by atoms with Crippen LogP contribution in [0.25, 0.3) is 22.2 Å². The van der Waals surface area contributed by atoms with Crippen molar-refractivity contribution in [1.82, 2.24) is 19.8 Å². The van der Waals surface area contributed by atoms with Crippen LogP contribution in [0.2, 0.25) is 0 Å². The third-order valence-electron chi connectivity index (χ3n) is 5.18. The zero-order valence-corrected chi connectivity index (χ0v) is 17.1. The smallest absolute Gasteiger partial charge is 0.243 e. The predicted molar refractivity (Wildman–Crippen MR) is 108 cm³/mol. The van der Waals surface area contributed by atoms with E-state index in [9.17, 15) is 8.42 Å². The molecule has 0 aliphatic heterocycles. The molecule has 2 aromatic heterocycles. The van der Waals surface area contributed by atoms with Crippen LogP contribution in [0, 0.1) is 13.8 Å². The van der Waals surface area contributed by atoms with E-state index in [4.69, 9.17) is 4.52 Å². The first-order chi connectivity index (χ1) is 13.4. The van der Waals surface area contributed by atoms with Gasteiger partial charge in [0.05, 0.1) is 11.2 Å². The third kappa shape index (κ3) is 3.40. The van der Waals surface area contributed by atoms with Gasteiger partial charge in [-0.3, -0.25) is 0 Å². The standard InChI is InChI=1S/C19H25N5O3S/c1-4-20-19-21-15-9-13(17-11(2)23-27-12(17)3)10-16(18(15)22-19)28(25,26)24-14-7-5-6-8-14/h9-10,14,24H,4-8H2,1-3H3,(H2,20,21,22). The molecule has 8 nitrogen and oxygen atoms in total. The number of sulfonamides is 1. The second-order valence-electron chi connectivity index (χ2n) is 7.29. The molecule has 0 atom stereocenters. The molecule has 1 aliphatic rings. The molecule has 1 saturated carbocycles. The number of nitrogens with zero attached hydrogens (tertiary/aromatic N) is 2. The number of aromatic nitrogens is 3. The highest BCUT2D eigenvalue weighted by Crippen LogP contribution is 2.34. The fourth-order valence-corrected chi connectivity index (χ4v) is 5.40. The first-order valence-corrected chi connectivity index (χ1v) is 11.1. The molecule has 0 amide bonds. The summed E-state index contributed by atoms with van der Waals surface area (Å²) in [7, 11) is -3.72. The number of aromatic amines is 1. The Bertz CT molecular complexity index is 1090. The number of rotatable bonds is 6. The van der Waals surface area contributed by atoms with Crippen LogP contribution in [-0.2, 0) is 10.0 Å². The van der Waals surface area contributed by atoms with E-state index in [0.29, 0.717) is 29.3 Å². The molecule has 0 radical (unpaired) electrons. The quantitative estimate of drug-likeness (QED) is 0.581. The summed E-state index contributed by atoms with van der Waals surface area (Å²) >= 11 is 0. The average Bonchev–Trinajstić information content (AvgIpc) is 3.35. The summed E-state index contributed by atoms with van der Waals surface area (Å²) < 4.78 is 34.6. The maximum atomic E-state index is 13.2. The minimum atomic E-state index is -3.72. The number of fused-ring (bicyclic) bond motifs is 1. The monoisotopic (exact) mass is 403 g/mol. The lowest BCUT2D eigenvalue weighted by Gasteiger charge is -2.14. The van der Waals surface area contributed by atoms with Gasteiger partial charge in [-0.1, -0.05) is 18.0 Å². The summed E-state index contributed by atoms with van der Waals surface area (Å²) in [5.41, 5.74) is 3.34. The number of H-pyrrole nitrogens is 1. The van der Waals surface area contributed by atoms with Crippen molar-refractivity contribution in [2.24, 2.45) is 0 Å². The van der Waals surface area contributed by atoms with Crippen molar-refractivity contribution < 1.29 is 12.9 Å². The summed E-state index contributed by atoms with van der Waals surface area (Å²) in [6.45, 7) is 6.31. The number of benzene rings is 1. The van der Waals surface area contributed by atoms with Gasteiger partial charge in [0.2, 0.25) is 16.0 Å². The minimum absolute atomic E-state index is 0.0186. The number of hydrogen-bond acceptors (Lipinski definition) is 6. The van der Waals surface area contributed by atoms with Gasteiger partial charge in [-0.2, -0.15) is 0 Å². The topological polar surface area (TPSA) is 113 Å². The molecule has 28 heavy (non-hydrogen) atoms. The van der Waals surface area contributed by atoms with Crippen molar-refractivity contribution in [2.45, 2.75) is 57.4 Å². The largest absolute Gasteiger partial charge is 0.361 e. The highest BCUT2D eigenvalue weighted by Gasteiger charge is 2.27. The van der Waals surface area contributed by atoms with Gasteiger partial charge in [0.15, 0.2) is 0 Å². The molecule has 1 aliphatic carbocycles. The maximum Gasteiger partial charge on any atom is 0.243 e. The van der Waals surface area contributed by atoms with Gasteiger partial charge in [0.25, 0.3) is 0 Å². The van der Waals surface area contributed by atoms with Crippen LogP contribution >= 0.6 is 0 Å². The van der Waals surface area contributed by atoms with Gasteiger partial charge >= 0.3 is 0 Å². The van der Waals surface area contributed by atoms with E-state index in [1.807, 2.05) is 26.8 Å². The van der Waals surface area contributed by atoms with Crippen LogP contribution in [0.5, 0.6) is 0 Å². The van der Waals surface area contributed by atoms with Crippen LogP contribution in [0.3, 0.4) is 0 Å². The number of imidazole rings is 1. The number of anilines is 1. The Kier molecular flexibility index (Phi) is 4.88. The summed E-state index contributed by atoms with van der Waals surface area (Å²) in [6, 6.07) is 3.54. The highest BCUT2D eigenvalue weighted by atomic mass is 32.2. The van der Waals surface area contributed by atoms with Crippen molar-refractivity contribution in [1.29, 1.82) is 0 Å². The van der Waals surface area contributed by atoms with Crippen molar-refractivity contribution in [3.63, 3.8) is 0 Å². The molecule has 0 saturated heterocycles. The predicted octanol–water partition coefficient (Wildman–Crippen LogP) is 3.49. The van der Waals surface area contributed by atoms with E-state index in [-0.39, 0.29) is 10.9 Å². The molecule has 1 aromatic carbocycles. The summed E-state index contributed by atoms with van der Waals surface area (Å²) in [5.74, 6) is 1.20. The number of aryl methyl sites for hydroxylation is 2. The number of nitrogens with one attached hydrogen (secondary N) is 3. The van der Waals surface area contributed by atoms with Gasteiger partial charge in [0, 0.05) is 18.2 Å². The zero-order chi connectivity index (χ0) is 19.9.